The number of nitrogens with zero attached hydrogens (tertiary/aromatic N) is 4. The molecule has 2 rings (SSSR count). The molecule has 0 aliphatic carbocycles. The fraction of sp³-hybridized carbons (Fsp3) is 0.667. The number of likely N-dealkylation sites (N-methyl/N-ethyl adjacent to an activating group) is 1. The van der Waals surface area contributed by atoms with Gasteiger partial charge >= 0.3 is 0 Å². The predicted octanol–water partition coefficient (Wildman–Crippen LogP) is 0.722. The Morgan fingerprint density at radius 3 is 2.94 bits per heavy atom. The number of nitrogens with two attached hydrogens (primary N) is 1. The van der Waals surface area contributed by atoms with E-state index in [0.717, 1.165) is 26.0 Å². The van der Waals surface area contributed by atoms with Crippen LogP contribution in [-0.2, 0) is 4.74 Å². The molecule has 1 aliphatic rings. The van der Waals surface area contributed by atoms with Gasteiger partial charge in [-0.1, -0.05) is 0 Å². The van der Waals surface area contributed by atoms with Crippen LogP contribution < -0.4 is 10.6 Å². The lowest BCUT2D eigenvalue weighted by atomic mass is 10.2. The molecule has 1 saturated heterocycles. The fourth-order valence-corrected chi connectivity index (χ4v) is 1.86. The van der Waals surface area contributed by atoms with Gasteiger partial charge < -0.3 is 15.4 Å². The number of aromatic nitrogens is 3. The van der Waals surface area contributed by atoms with E-state index in [-0.39, 0.29) is 17.3 Å². The largest absolute Gasteiger partial charge is 0.376 e. The number of ether oxygens (including phenoxy) is 1. The van der Waals surface area contributed by atoms with Gasteiger partial charge in [0, 0.05) is 20.2 Å². The molecule has 1 aromatic rings. The van der Waals surface area contributed by atoms with Crippen molar-refractivity contribution in [2.75, 3.05) is 30.8 Å². The van der Waals surface area contributed by atoms with Crippen LogP contribution in [0.1, 0.15) is 12.8 Å². The van der Waals surface area contributed by atoms with Crippen LogP contribution in [0.2, 0.25) is 5.28 Å². The van der Waals surface area contributed by atoms with Crippen LogP contribution in [0.5, 0.6) is 0 Å². The summed E-state index contributed by atoms with van der Waals surface area (Å²) in [5, 5.41) is 0.113. The lowest BCUT2D eigenvalue weighted by molar-refractivity contribution is 0.116. The van der Waals surface area contributed by atoms with Gasteiger partial charge in [0.2, 0.25) is 17.2 Å². The average Bonchev–Trinajstić information content (AvgIpc) is 2.68. The van der Waals surface area contributed by atoms with Crippen LogP contribution in [0.15, 0.2) is 0 Å². The Morgan fingerprint density at radius 1 is 1.50 bits per heavy atom. The van der Waals surface area contributed by atoms with E-state index < -0.39 is 0 Å². The molecule has 0 bridgehead atoms. The summed E-state index contributed by atoms with van der Waals surface area (Å²) in [7, 11) is 1.88. The summed E-state index contributed by atoms with van der Waals surface area (Å²) in [5.74, 6) is 0.613. The molecule has 0 radical (unpaired) electrons. The summed E-state index contributed by atoms with van der Waals surface area (Å²) in [6, 6.07) is 0. The molecular formula is C9H14ClN5O. The molecule has 2 heterocycles. The summed E-state index contributed by atoms with van der Waals surface area (Å²) < 4.78 is 5.53. The Bertz CT molecular complexity index is 349. The molecule has 1 aliphatic heterocycles. The second-order valence-corrected chi connectivity index (χ2v) is 4.12. The fourth-order valence-electron chi connectivity index (χ4n) is 1.70. The van der Waals surface area contributed by atoms with Gasteiger partial charge in [-0.05, 0) is 24.4 Å². The van der Waals surface area contributed by atoms with Crippen molar-refractivity contribution in [3.63, 3.8) is 0 Å². The van der Waals surface area contributed by atoms with E-state index in [1.165, 1.54) is 0 Å². The van der Waals surface area contributed by atoms with Gasteiger partial charge in [-0.3, -0.25) is 0 Å². The van der Waals surface area contributed by atoms with Gasteiger partial charge in [0.15, 0.2) is 0 Å². The van der Waals surface area contributed by atoms with Gasteiger partial charge in [0.1, 0.15) is 0 Å². The molecule has 0 aromatic carbocycles. The smallest absolute Gasteiger partial charge is 0.231 e. The van der Waals surface area contributed by atoms with Crippen molar-refractivity contribution in [3.05, 3.63) is 5.28 Å². The van der Waals surface area contributed by atoms with Crippen molar-refractivity contribution in [2.24, 2.45) is 0 Å². The first-order valence-corrected chi connectivity index (χ1v) is 5.53. The molecule has 1 unspecified atom stereocenters. The Labute approximate surface area is 98.8 Å². The molecule has 0 saturated carbocycles. The van der Waals surface area contributed by atoms with Crippen LogP contribution in [-0.4, -0.2) is 41.3 Å². The second-order valence-electron chi connectivity index (χ2n) is 3.78. The molecule has 1 aromatic heterocycles. The maximum absolute atomic E-state index is 5.71. The highest BCUT2D eigenvalue weighted by Crippen LogP contribution is 2.16. The van der Waals surface area contributed by atoms with E-state index >= 15 is 0 Å². The molecule has 16 heavy (non-hydrogen) atoms. The summed E-state index contributed by atoms with van der Waals surface area (Å²) in [6.07, 6.45) is 2.42. The average molecular weight is 244 g/mol. The Hall–Kier alpha value is -1.14. The minimum absolute atomic E-state index is 0.113. The van der Waals surface area contributed by atoms with E-state index in [1.807, 2.05) is 11.9 Å². The van der Waals surface area contributed by atoms with Crippen LogP contribution in [0.4, 0.5) is 11.9 Å². The number of hydrogen-bond donors (Lipinski definition) is 1. The first-order chi connectivity index (χ1) is 7.65. The van der Waals surface area contributed by atoms with E-state index in [9.17, 15) is 0 Å². The normalized spacial score (nSPS) is 20.0. The Morgan fingerprint density at radius 2 is 2.31 bits per heavy atom. The van der Waals surface area contributed by atoms with Gasteiger partial charge in [-0.2, -0.15) is 15.0 Å². The molecule has 7 heteroatoms. The quantitative estimate of drug-likeness (QED) is 0.843. The second kappa shape index (κ2) is 4.80. The summed E-state index contributed by atoms with van der Waals surface area (Å²) >= 11 is 5.71. The monoisotopic (exact) mass is 243 g/mol. The molecule has 0 amide bonds. The van der Waals surface area contributed by atoms with Crippen molar-refractivity contribution < 1.29 is 4.74 Å². The topological polar surface area (TPSA) is 77.2 Å². The third-order valence-electron chi connectivity index (χ3n) is 2.46. The maximum atomic E-state index is 5.71. The third kappa shape index (κ3) is 2.70. The minimum Gasteiger partial charge on any atom is -0.376 e. The first-order valence-electron chi connectivity index (χ1n) is 5.15. The molecular weight excluding hydrogens is 230 g/mol. The lowest BCUT2D eigenvalue weighted by Crippen LogP contribution is -2.30. The maximum Gasteiger partial charge on any atom is 0.231 e. The minimum atomic E-state index is 0.113. The van der Waals surface area contributed by atoms with E-state index in [1.54, 1.807) is 0 Å². The van der Waals surface area contributed by atoms with Crippen LogP contribution in [0, 0.1) is 0 Å². The molecule has 1 atom stereocenters. The number of nitrogen functional groups attached to an aromatic ring is 1. The third-order valence-corrected chi connectivity index (χ3v) is 2.63. The standard InChI is InChI=1S/C9H14ClN5O/c1-15(5-6-3-2-4-16-6)9-13-7(10)12-8(11)14-9/h6H,2-5H2,1H3,(H2,11,12,13,14). The van der Waals surface area contributed by atoms with Crippen LogP contribution in [0.25, 0.3) is 0 Å². The number of anilines is 2. The van der Waals surface area contributed by atoms with Gasteiger partial charge in [-0.25, -0.2) is 0 Å². The first kappa shape index (κ1) is 11.3. The lowest BCUT2D eigenvalue weighted by Gasteiger charge is -2.20. The number of hydrogen-bond acceptors (Lipinski definition) is 6. The van der Waals surface area contributed by atoms with Crippen molar-refractivity contribution in [3.8, 4) is 0 Å². The molecule has 6 nitrogen and oxygen atoms in total. The highest BCUT2D eigenvalue weighted by atomic mass is 35.5. The zero-order valence-corrected chi connectivity index (χ0v) is 9.81. The highest BCUT2D eigenvalue weighted by Gasteiger charge is 2.19. The molecule has 0 spiro atoms. The van der Waals surface area contributed by atoms with Gasteiger partial charge in [0.25, 0.3) is 0 Å². The summed E-state index contributed by atoms with van der Waals surface area (Å²) in [5.41, 5.74) is 5.50. The van der Waals surface area contributed by atoms with Crippen LogP contribution >= 0.6 is 11.6 Å². The molecule has 88 valence electrons. The summed E-state index contributed by atoms with van der Waals surface area (Å²) in [6.45, 7) is 1.57. The van der Waals surface area contributed by atoms with Gasteiger partial charge in [0.05, 0.1) is 6.10 Å². The van der Waals surface area contributed by atoms with Crippen LogP contribution in [0.3, 0.4) is 0 Å². The van der Waals surface area contributed by atoms with Crippen molar-refractivity contribution in [1.29, 1.82) is 0 Å². The van der Waals surface area contributed by atoms with E-state index in [4.69, 9.17) is 22.1 Å². The SMILES string of the molecule is CN(CC1CCCO1)c1nc(N)nc(Cl)n1. The van der Waals surface area contributed by atoms with Crippen molar-refractivity contribution >= 4 is 23.5 Å². The van der Waals surface area contributed by atoms with E-state index in [0.29, 0.717) is 5.95 Å². The van der Waals surface area contributed by atoms with Gasteiger partial charge in [-0.15, -0.1) is 0 Å². The molecule has 1 fully saturated rings. The van der Waals surface area contributed by atoms with Crippen molar-refractivity contribution in [1.82, 2.24) is 15.0 Å². The number of halogens is 1. The zero-order valence-electron chi connectivity index (χ0n) is 9.06. The Balaban J connectivity index is 2.04. The zero-order chi connectivity index (χ0) is 11.5. The molecule has 2 N–H and O–H groups in total. The summed E-state index contributed by atoms with van der Waals surface area (Å²) in [4.78, 5) is 13.6. The number of rotatable bonds is 3. The van der Waals surface area contributed by atoms with E-state index in [2.05, 4.69) is 15.0 Å². The Kier molecular flexibility index (Phi) is 3.40. The highest BCUT2D eigenvalue weighted by molar-refractivity contribution is 6.28. The predicted molar refractivity (Wildman–Crippen MR) is 61.5 cm³/mol. The van der Waals surface area contributed by atoms with Crippen molar-refractivity contribution in [2.45, 2.75) is 18.9 Å².